The van der Waals surface area contributed by atoms with E-state index < -0.39 is 5.97 Å². The second kappa shape index (κ2) is 7.83. The molecule has 0 atom stereocenters. The first-order valence-electron chi connectivity index (χ1n) is 6.94. The molecule has 0 radical (unpaired) electrons. The van der Waals surface area contributed by atoms with Gasteiger partial charge in [-0.15, -0.1) is 0 Å². The third-order valence-electron chi connectivity index (χ3n) is 2.77. The van der Waals surface area contributed by atoms with Crippen LogP contribution in [0.5, 0.6) is 5.75 Å². The second-order valence-electron chi connectivity index (χ2n) is 4.45. The Hall–Kier alpha value is -2.82. The Morgan fingerprint density at radius 2 is 1.82 bits per heavy atom. The van der Waals surface area contributed by atoms with Crippen molar-refractivity contribution in [1.82, 2.24) is 0 Å². The van der Waals surface area contributed by atoms with E-state index in [1.807, 2.05) is 18.2 Å². The summed E-state index contributed by atoms with van der Waals surface area (Å²) >= 11 is 0. The topological polar surface area (TPSA) is 64.6 Å². The number of benzene rings is 2. The smallest absolute Gasteiger partial charge is 0.338 e. The second-order valence-corrected chi connectivity index (χ2v) is 4.45. The van der Waals surface area contributed by atoms with E-state index in [9.17, 15) is 9.59 Å². The zero-order valence-corrected chi connectivity index (χ0v) is 12.2. The molecule has 0 aromatic heterocycles. The molecule has 1 N–H and O–H groups in total. The number of hydrogen-bond donors (Lipinski definition) is 1. The molecule has 0 saturated heterocycles. The van der Waals surface area contributed by atoms with Gasteiger partial charge in [-0.2, -0.15) is 0 Å². The summed E-state index contributed by atoms with van der Waals surface area (Å²) in [5, 5.41) is 2.68. The minimum absolute atomic E-state index is 0.104. The fourth-order valence-electron chi connectivity index (χ4n) is 1.80. The van der Waals surface area contributed by atoms with Crippen LogP contribution in [0.15, 0.2) is 54.6 Å². The Morgan fingerprint density at radius 3 is 2.55 bits per heavy atom. The number of rotatable bonds is 6. The van der Waals surface area contributed by atoms with E-state index in [1.165, 1.54) is 0 Å². The third-order valence-corrected chi connectivity index (χ3v) is 2.77. The average Bonchev–Trinajstić information content (AvgIpc) is 2.54. The van der Waals surface area contributed by atoms with E-state index >= 15 is 0 Å². The molecule has 5 heteroatoms. The van der Waals surface area contributed by atoms with Crippen LogP contribution in [0.4, 0.5) is 5.69 Å². The van der Waals surface area contributed by atoms with Gasteiger partial charge in [0, 0.05) is 5.69 Å². The lowest BCUT2D eigenvalue weighted by Gasteiger charge is -2.08. The quantitative estimate of drug-likeness (QED) is 0.833. The molecule has 0 bridgehead atoms. The van der Waals surface area contributed by atoms with Crippen LogP contribution in [0.25, 0.3) is 0 Å². The van der Waals surface area contributed by atoms with Gasteiger partial charge in [0.1, 0.15) is 5.75 Å². The molecule has 2 rings (SSSR count). The highest BCUT2D eigenvalue weighted by Crippen LogP contribution is 2.12. The molecule has 2 aromatic carbocycles. The molecule has 0 heterocycles. The first-order chi connectivity index (χ1) is 10.7. The van der Waals surface area contributed by atoms with Gasteiger partial charge in [0.2, 0.25) is 0 Å². The van der Waals surface area contributed by atoms with Crippen LogP contribution in [-0.4, -0.2) is 25.1 Å². The van der Waals surface area contributed by atoms with E-state index in [0.29, 0.717) is 23.6 Å². The highest BCUT2D eigenvalue weighted by atomic mass is 16.5. The highest BCUT2D eigenvalue weighted by Gasteiger charge is 2.09. The summed E-state index contributed by atoms with van der Waals surface area (Å²) in [6.45, 7) is 1.94. The van der Waals surface area contributed by atoms with Gasteiger partial charge >= 0.3 is 5.97 Å². The van der Waals surface area contributed by atoms with Crippen molar-refractivity contribution in [3.8, 4) is 5.75 Å². The van der Waals surface area contributed by atoms with Crippen LogP contribution >= 0.6 is 0 Å². The van der Waals surface area contributed by atoms with Crippen molar-refractivity contribution in [3.05, 3.63) is 60.2 Å². The molecule has 1 amide bonds. The number of hydrogen-bond acceptors (Lipinski definition) is 4. The fraction of sp³-hybridized carbons (Fsp3) is 0.176. The van der Waals surface area contributed by atoms with Crippen LogP contribution in [0.2, 0.25) is 0 Å². The average molecular weight is 299 g/mol. The van der Waals surface area contributed by atoms with Crippen molar-refractivity contribution in [2.75, 3.05) is 18.5 Å². The zero-order valence-electron chi connectivity index (χ0n) is 12.2. The van der Waals surface area contributed by atoms with E-state index in [4.69, 9.17) is 9.47 Å². The number of carbonyl (C=O) groups is 2. The first kappa shape index (κ1) is 15.6. The molecule has 0 aliphatic carbocycles. The van der Waals surface area contributed by atoms with Gasteiger partial charge in [-0.3, -0.25) is 4.79 Å². The summed E-state index contributed by atoms with van der Waals surface area (Å²) in [5.41, 5.74) is 0.913. The molecular weight excluding hydrogens is 282 g/mol. The van der Waals surface area contributed by atoms with Gasteiger partial charge in [-0.05, 0) is 37.3 Å². The molecule has 22 heavy (non-hydrogen) atoms. The summed E-state index contributed by atoms with van der Waals surface area (Å²) in [4.78, 5) is 23.5. The van der Waals surface area contributed by atoms with Crippen LogP contribution in [0, 0.1) is 0 Å². The number of carbonyl (C=O) groups excluding carboxylic acids is 2. The molecule has 5 nitrogen and oxygen atoms in total. The maximum atomic E-state index is 11.8. The Kier molecular flexibility index (Phi) is 5.54. The number of ether oxygens (including phenoxy) is 2. The summed E-state index contributed by atoms with van der Waals surface area (Å²) < 4.78 is 10.3. The van der Waals surface area contributed by atoms with Crippen LogP contribution in [0.1, 0.15) is 17.3 Å². The van der Waals surface area contributed by atoms with Crippen LogP contribution in [0.3, 0.4) is 0 Å². The molecule has 0 aliphatic heterocycles. The molecule has 114 valence electrons. The normalized spacial score (nSPS) is 9.86. The standard InChI is InChI=1S/C17H17NO4/c1-2-21-17(20)13-7-6-8-14(11-13)18-16(19)12-22-15-9-4-3-5-10-15/h3-11H,2,12H2,1H3,(H,18,19). The van der Waals surface area contributed by atoms with E-state index in [0.717, 1.165) is 0 Å². The van der Waals surface area contributed by atoms with Crippen molar-refractivity contribution in [3.63, 3.8) is 0 Å². The van der Waals surface area contributed by atoms with Crippen molar-refractivity contribution < 1.29 is 19.1 Å². The minimum atomic E-state index is -0.417. The van der Waals surface area contributed by atoms with Gasteiger partial charge in [-0.25, -0.2) is 4.79 Å². The third kappa shape index (κ3) is 4.63. The van der Waals surface area contributed by atoms with Crippen LogP contribution in [-0.2, 0) is 9.53 Å². The summed E-state index contributed by atoms with van der Waals surface area (Å²) in [7, 11) is 0. The predicted molar refractivity (Wildman–Crippen MR) is 83.0 cm³/mol. The molecule has 0 aliphatic rings. The molecule has 0 unspecified atom stereocenters. The van der Waals surface area contributed by atoms with Crippen LogP contribution < -0.4 is 10.1 Å². The van der Waals surface area contributed by atoms with Gasteiger partial charge in [0.15, 0.2) is 6.61 Å². The Labute approximate surface area is 128 Å². The SMILES string of the molecule is CCOC(=O)c1cccc(NC(=O)COc2ccccc2)c1. The molecular formula is C17H17NO4. The van der Waals surface area contributed by atoms with E-state index in [1.54, 1.807) is 43.3 Å². The number of amides is 1. The van der Waals surface area contributed by atoms with Gasteiger partial charge in [-0.1, -0.05) is 24.3 Å². The summed E-state index contributed by atoms with van der Waals surface area (Å²) in [5.74, 6) is -0.0954. The largest absolute Gasteiger partial charge is 0.484 e. The maximum Gasteiger partial charge on any atom is 0.338 e. The lowest BCUT2D eigenvalue weighted by Crippen LogP contribution is -2.20. The Morgan fingerprint density at radius 1 is 1.05 bits per heavy atom. The van der Waals surface area contributed by atoms with Gasteiger partial charge < -0.3 is 14.8 Å². The summed E-state index contributed by atoms with van der Waals surface area (Å²) in [6, 6.07) is 15.7. The lowest BCUT2D eigenvalue weighted by molar-refractivity contribution is -0.118. The van der Waals surface area contributed by atoms with Crippen molar-refractivity contribution in [2.24, 2.45) is 0 Å². The van der Waals surface area contributed by atoms with E-state index in [2.05, 4.69) is 5.32 Å². The number of nitrogens with one attached hydrogen (secondary N) is 1. The predicted octanol–water partition coefficient (Wildman–Crippen LogP) is 2.88. The minimum Gasteiger partial charge on any atom is -0.484 e. The lowest BCUT2D eigenvalue weighted by atomic mass is 10.2. The Balaban J connectivity index is 1.91. The monoisotopic (exact) mass is 299 g/mol. The molecule has 2 aromatic rings. The first-order valence-corrected chi connectivity index (χ1v) is 6.94. The summed E-state index contributed by atoms with van der Waals surface area (Å²) in [6.07, 6.45) is 0. The Bertz CT molecular complexity index is 640. The van der Waals surface area contributed by atoms with E-state index in [-0.39, 0.29) is 12.5 Å². The van der Waals surface area contributed by atoms with Gasteiger partial charge in [0.05, 0.1) is 12.2 Å². The van der Waals surface area contributed by atoms with Gasteiger partial charge in [0.25, 0.3) is 5.91 Å². The zero-order chi connectivity index (χ0) is 15.8. The molecule has 0 fully saturated rings. The van der Waals surface area contributed by atoms with Crippen molar-refractivity contribution in [2.45, 2.75) is 6.92 Å². The number of anilines is 1. The number of para-hydroxylation sites is 1. The van der Waals surface area contributed by atoms with Crippen molar-refractivity contribution >= 4 is 17.6 Å². The number of esters is 1. The maximum absolute atomic E-state index is 11.8. The highest BCUT2D eigenvalue weighted by molar-refractivity contribution is 5.95. The molecule has 0 saturated carbocycles. The fourth-order valence-corrected chi connectivity index (χ4v) is 1.80. The van der Waals surface area contributed by atoms with Crippen molar-refractivity contribution in [1.29, 1.82) is 0 Å². The molecule has 0 spiro atoms.